The molecular formula is C10H7FN2O2. The second-order valence-corrected chi connectivity index (χ2v) is 2.84. The van der Waals surface area contributed by atoms with Crippen molar-refractivity contribution in [3.8, 4) is 0 Å². The van der Waals surface area contributed by atoms with Crippen LogP contribution in [0.4, 0.5) is 10.1 Å². The fourth-order valence-corrected chi connectivity index (χ4v) is 1.05. The van der Waals surface area contributed by atoms with Crippen molar-refractivity contribution in [3.05, 3.63) is 48.4 Å². The number of nitrogens with zero attached hydrogens (tertiary/aromatic N) is 1. The highest BCUT2D eigenvalue weighted by atomic mass is 19.1. The van der Waals surface area contributed by atoms with Crippen LogP contribution < -0.4 is 5.32 Å². The number of carbonyl (C=O) groups excluding carboxylic acids is 1. The van der Waals surface area contributed by atoms with Gasteiger partial charge >= 0.3 is 0 Å². The van der Waals surface area contributed by atoms with E-state index in [0.717, 1.165) is 0 Å². The van der Waals surface area contributed by atoms with Crippen LogP contribution in [0.1, 0.15) is 10.4 Å². The lowest BCUT2D eigenvalue weighted by Gasteiger charge is -2.01. The van der Waals surface area contributed by atoms with E-state index < -0.39 is 5.95 Å². The molecular weight excluding hydrogens is 199 g/mol. The largest absolute Gasteiger partial charge is 0.472 e. The van der Waals surface area contributed by atoms with Gasteiger partial charge in [0.1, 0.15) is 6.26 Å². The summed E-state index contributed by atoms with van der Waals surface area (Å²) in [6.45, 7) is 0. The number of aromatic nitrogens is 1. The Morgan fingerprint density at radius 3 is 2.87 bits per heavy atom. The average Bonchev–Trinajstić information content (AvgIpc) is 2.74. The van der Waals surface area contributed by atoms with Crippen LogP contribution in [-0.4, -0.2) is 10.9 Å². The van der Waals surface area contributed by atoms with Crippen LogP contribution in [0.2, 0.25) is 0 Å². The highest BCUT2D eigenvalue weighted by Gasteiger charge is 2.06. The molecule has 0 aromatic carbocycles. The molecule has 1 N–H and O–H groups in total. The first-order valence-electron chi connectivity index (χ1n) is 4.21. The van der Waals surface area contributed by atoms with E-state index in [1.54, 1.807) is 0 Å². The maximum Gasteiger partial charge on any atom is 0.258 e. The summed E-state index contributed by atoms with van der Waals surface area (Å²) < 4.78 is 17.2. The number of anilines is 1. The number of nitrogens with one attached hydrogen (secondary N) is 1. The summed E-state index contributed by atoms with van der Waals surface area (Å²) in [5.74, 6) is -0.909. The van der Waals surface area contributed by atoms with Crippen molar-refractivity contribution in [1.29, 1.82) is 0 Å². The quantitative estimate of drug-likeness (QED) is 0.765. The Bertz CT molecular complexity index is 451. The SMILES string of the molecule is O=C(Nc1ccc(F)nc1)c1ccoc1. The molecule has 0 saturated heterocycles. The molecule has 0 saturated carbocycles. The third-order valence-corrected chi connectivity index (χ3v) is 1.77. The molecule has 0 spiro atoms. The first-order chi connectivity index (χ1) is 7.25. The molecule has 0 radical (unpaired) electrons. The number of amides is 1. The Labute approximate surface area is 84.7 Å². The second-order valence-electron chi connectivity index (χ2n) is 2.84. The van der Waals surface area contributed by atoms with E-state index >= 15 is 0 Å². The summed E-state index contributed by atoms with van der Waals surface area (Å²) in [4.78, 5) is 14.9. The minimum Gasteiger partial charge on any atom is -0.472 e. The lowest BCUT2D eigenvalue weighted by molar-refractivity contribution is 0.102. The van der Waals surface area contributed by atoms with Gasteiger partial charge in [-0.25, -0.2) is 4.98 Å². The van der Waals surface area contributed by atoms with Crippen molar-refractivity contribution in [1.82, 2.24) is 4.98 Å². The number of carbonyl (C=O) groups is 1. The van der Waals surface area contributed by atoms with Gasteiger partial charge in [-0.1, -0.05) is 0 Å². The zero-order valence-electron chi connectivity index (χ0n) is 7.61. The van der Waals surface area contributed by atoms with Gasteiger partial charge in [-0.15, -0.1) is 0 Å². The number of halogens is 1. The van der Waals surface area contributed by atoms with Crippen LogP contribution in [0, 0.1) is 5.95 Å². The molecule has 0 aliphatic carbocycles. The number of furan rings is 1. The van der Waals surface area contributed by atoms with Gasteiger partial charge in [0.05, 0.1) is 23.7 Å². The molecule has 0 atom stereocenters. The molecule has 15 heavy (non-hydrogen) atoms. The number of pyridine rings is 1. The normalized spacial score (nSPS) is 9.93. The van der Waals surface area contributed by atoms with Gasteiger partial charge < -0.3 is 9.73 Å². The van der Waals surface area contributed by atoms with Crippen LogP contribution in [0.25, 0.3) is 0 Å². The lowest BCUT2D eigenvalue weighted by atomic mass is 10.3. The predicted molar refractivity (Wildman–Crippen MR) is 50.9 cm³/mol. The molecule has 2 aromatic heterocycles. The molecule has 2 heterocycles. The number of rotatable bonds is 2. The number of hydrogen-bond acceptors (Lipinski definition) is 3. The molecule has 0 fully saturated rings. The van der Waals surface area contributed by atoms with E-state index in [4.69, 9.17) is 4.42 Å². The smallest absolute Gasteiger partial charge is 0.258 e. The molecule has 2 aromatic rings. The Morgan fingerprint density at radius 1 is 1.40 bits per heavy atom. The molecule has 0 unspecified atom stereocenters. The summed E-state index contributed by atoms with van der Waals surface area (Å²) >= 11 is 0. The molecule has 5 heteroatoms. The van der Waals surface area contributed by atoms with Gasteiger partial charge in [0.25, 0.3) is 5.91 Å². The topological polar surface area (TPSA) is 55.1 Å². The zero-order valence-corrected chi connectivity index (χ0v) is 7.61. The summed E-state index contributed by atoms with van der Waals surface area (Å²) in [7, 11) is 0. The van der Waals surface area contributed by atoms with Crippen LogP contribution in [0.3, 0.4) is 0 Å². The molecule has 4 nitrogen and oxygen atoms in total. The van der Waals surface area contributed by atoms with Gasteiger partial charge in [0, 0.05) is 0 Å². The minimum absolute atomic E-state index is 0.322. The highest BCUT2D eigenvalue weighted by molar-refractivity contribution is 6.03. The predicted octanol–water partition coefficient (Wildman–Crippen LogP) is 2.07. The molecule has 0 aliphatic heterocycles. The molecule has 0 bridgehead atoms. The van der Waals surface area contributed by atoms with E-state index in [-0.39, 0.29) is 5.91 Å². The van der Waals surface area contributed by atoms with Crippen LogP contribution in [0.15, 0.2) is 41.3 Å². The average molecular weight is 206 g/mol. The fourth-order valence-electron chi connectivity index (χ4n) is 1.05. The molecule has 76 valence electrons. The van der Waals surface area contributed by atoms with E-state index in [2.05, 4.69) is 10.3 Å². The summed E-state index contributed by atoms with van der Waals surface area (Å²) in [6, 6.07) is 4.14. The van der Waals surface area contributed by atoms with E-state index in [9.17, 15) is 9.18 Å². The summed E-state index contributed by atoms with van der Waals surface area (Å²) in [5, 5.41) is 2.54. The standard InChI is InChI=1S/C10H7FN2O2/c11-9-2-1-8(5-12-9)13-10(14)7-3-4-15-6-7/h1-6H,(H,13,14). The van der Waals surface area contributed by atoms with Gasteiger partial charge in [-0.3, -0.25) is 4.79 Å². The first kappa shape index (κ1) is 9.39. The van der Waals surface area contributed by atoms with Crippen molar-refractivity contribution < 1.29 is 13.6 Å². The fraction of sp³-hybridized carbons (Fsp3) is 0. The minimum atomic E-state index is -0.587. The molecule has 2 rings (SSSR count). The third-order valence-electron chi connectivity index (χ3n) is 1.77. The second kappa shape index (κ2) is 3.91. The monoisotopic (exact) mass is 206 g/mol. The Hall–Kier alpha value is -2.17. The highest BCUT2D eigenvalue weighted by Crippen LogP contribution is 2.08. The van der Waals surface area contributed by atoms with E-state index in [0.29, 0.717) is 11.3 Å². The summed E-state index contributed by atoms with van der Waals surface area (Å²) in [6.07, 6.45) is 3.97. The van der Waals surface area contributed by atoms with Crippen molar-refractivity contribution >= 4 is 11.6 Å². The van der Waals surface area contributed by atoms with Crippen LogP contribution in [0.5, 0.6) is 0 Å². The number of hydrogen-bond donors (Lipinski definition) is 1. The van der Waals surface area contributed by atoms with Crippen LogP contribution >= 0.6 is 0 Å². The van der Waals surface area contributed by atoms with Crippen molar-refractivity contribution in [3.63, 3.8) is 0 Å². The van der Waals surface area contributed by atoms with Crippen molar-refractivity contribution in [2.75, 3.05) is 5.32 Å². The maximum atomic E-state index is 12.5. The van der Waals surface area contributed by atoms with Crippen molar-refractivity contribution in [2.45, 2.75) is 0 Å². The van der Waals surface area contributed by atoms with E-state index in [1.165, 1.54) is 36.9 Å². The van der Waals surface area contributed by atoms with E-state index in [1.807, 2.05) is 0 Å². The zero-order chi connectivity index (χ0) is 10.7. The van der Waals surface area contributed by atoms with Gasteiger partial charge in [0.15, 0.2) is 0 Å². The Balaban J connectivity index is 2.09. The Kier molecular flexibility index (Phi) is 2.45. The van der Waals surface area contributed by atoms with Crippen molar-refractivity contribution in [2.24, 2.45) is 0 Å². The van der Waals surface area contributed by atoms with Crippen LogP contribution in [-0.2, 0) is 0 Å². The molecule has 0 aliphatic rings. The third kappa shape index (κ3) is 2.19. The Morgan fingerprint density at radius 2 is 2.27 bits per heavy atom. The summed E-state index contributed by atoms with van der Waals surface area (Å²) in [5.41, 5.74) is 0.835. The van der Waals surface area contributed by atoms with Gasteiger partial charge in [-0.2, -0.15) is 4.39 Å². The maximum absolute atomic E-state index is 12.5. The van der Waals surface area contributed by atoms with Gasteiger partial charge in [0.2, 0.25) is 5.95 Å². The van der Waals surface area contributed by atoms with Gasteiger partial charge in [-0.05, 0) is 18.2 Å². The molecule has 1 amide bonds. The lowest BCUT2D eigenvalue weighted by Crippen LogP contribution is -2.10. The first-order valence-corrected chi connectivity index (χ1v) is 4.21.